The van der Waals surface area contributed by atoms with Crippen LogP contribution in [-0.2, 0) is 10.0 Å². The first-order chi connectivity index (χ1) is 9.59. The second-order valence-corrected chi connectivity index (χ2v) is 7.65. The summed E-state index contributed by atoms with van der Waals surface area (Å²) in [5, 5.41) is 0. The van der Waals surface area contributed by atoms with E-state index in [2.05, 4.69) is 4.98 Å². The Morgan fingerprint density at radius 1 is 1.10 bits per heavy atom. The standard InChI is InChI=1S/C14H20N2O3S/c17-14-8-7-12(10-15-14)20(18,19)16-9-3-5-11-4-1-2-6-13(11)16/h7-8,10-11,13H,1-6,9H2,(H,15,17)/t11-,13-/m1/s1. The zero-order valence-corrected chi connectivity index (χ0v) is 12.2. The second kappa shape index (κ2) is 5.33. The highest BCUT2D eigenvalue weighted by atomic mass is 32.2. The Bertz CT molecular complexity index is 616. The van der Waals surface area contributed by atoms with Gasteiger partial charge in [0.1, 0.15) is 0 Å². The third-order valence-electron chi connectivity index (χ3n) is 4.55. The Hall–Kier alpha value is -1.14. The number of nitrogens with one attached hydrogen (secondary N) is 1. The lowest BCUT2D eigenvalue weighted by molar-refractivity contribution is 0.129. The van der Waals surface area contributed by atoms with Crippen LogP contribution in [-0.4, -0.2) is 30.3 Å². The number of nitrogens with zero attached hydrogens (tertiary/aromatic N) is 1. The van der Waals surface area contributed by atoms with E-state index in [1.165, 1.54) is 24.8 Å². The number of aromatic amines is 1. The number of aromatic nitrogens is 1. The highest BCUT2D eigenvalue weighted by molar-refractivity contribution is 7.89. The minimum Gasteiger partial charge on any atom is -0.328 e. The molecule has 0 bridgehead atoms. The molecule has 2 aliphatic rings. The maximum atomic E-state index is 12.8. The van der Waals surface area contributed by atoms with Gasteiger partial charge in [-0.2, -0.15) is 4.31 Å². The van der Waals surface area contributed by atoms with E-state index < -0.39 is 10.0 Å². The second-order valence-electron chi connectivity index (χ2n) is 5.76. The molecule has 3 rings (SSSR count). The molecule has 0 aromatic carbocycles. The molecule has 2 heterocycles. The lowest BCUT2D eigenvalue weighted by atomic mass is 9.79. The summed E-state index contributed by atoms with van der Waals surface area (Å²) in [4.78, 5) is 13.7. The Morgan fingerprint density at radius 3 is 2.60 bits per heavy atom. The number of pyridine rings is 1. The van der Waals surface area contributed by atoms with E-state index in [0.29, 0.717) is 12.5 Å². The van der Waals surface area contributed by atoms with Gasteiger partial charge >= 0.3 is 0 Å². The molecule has 0 unspecified atom stereocenters. The van der Waals surface area contributed by atoms with Crippen LogP contribution in [0.3, 0.4) is 0 Å². The molecule has 1 aliphatic carbocycles. The highest BCUT2D eigenvalue weighted by Crippen LogP contribution is 2.37. The molecule has 0 radical (unpaired) electrons. The van der Waals surface area contributed by atoms with Crippen molar-refractivity contribution < 1.29 is 8.42 Å². The average molecular weight is 296 g/mol. The van der Waals surface area contributed by atoms with E-state index in [1.54, 1.807) is 4.31 Å². The summed E-state index contributed by atoms with van der Waals surface area (Å²) in [6.07, 6.45) is 7.82. The number of hydrogen-bond donors (Lipinski definition) is 1. The van der Waals surface area contributed by atoms with Gasteiger partial charge in [-0.05, 0) is 37.7 Å². The van der Waals surface area contributed by atoms with E-state index in [-0.39, 0.29) is 16.5 Å². The summed E-state index contributed by atoms with van der Waals surface area (Å²) in [7, 11) is -3.49. The number of piperidine rings is 1. The fraction of sp³-hybridized carbons (Fsp3) is 0.643. The van der Waals surface area contributed by atoms with Crippen LogP contribution in [0.25, 0.3) is 0 Å². The van der Waals surface area contributed by atoms with Crippen molar-refractivity contribution in [3.63, 3.8) is 0 Å². The van der Waals surface area contributed by atoms with Gasteiger partial charge in [-0.3, -0.25) is 4.79 Å². The van der Waals surface area contributed by atoms with Crippen molar-refractivity contribution in [1.82, 2.24) is 9.29 Å². The summed E-state index contributed by atoms with van der Waals surface area (Å²) >= 11 is 0. The van der Waals surface area contributed by atoms with Gasteiger partial charge < -0.3 is 4.98 Å². The number of hydrogen-bond acceptors (Lipinski definition) is 3. The van der Waals surface area contributed by atoms with E-state index in [4.69, 9.17) is 0 Å². The minimum absolute atomic E-state index is 0.148. The fourth-order valence-electron chi connectivity index (χ4n) is 3.57. The van der Waals surface area contributed by atoms with Gasteiger partial charge in [0.05, 0.1) is 4.90 Å². The van der Waals surface area contributed by atoms with Crippen LogP contribution >= 0.6 is 0 Å². The summed E-state index contributed by atoms with van der Waals surface area (Å²) in [5.41, 5.74) is -0.280. The van der Waals surface area contributed by atoms with Gasteiger partial charge in [-0.1, -0.05) is 12.8 Å². The molecule has 0 amide bonds. The van der Waals surface area contributed by atoms with Crippen LogP contribution in [0.4, 0.5) is 0 Å². The Morgan fingerprint density at radius 2 is 1.85 bits per heavy atom. The molecule has 1 aromatic rings. The average Bonchev–Trinajstić information content (AvgIpc) is 2.47. The summed E-state index contributed by atoms with van der Waals surface area (Å²) in [5.74, 6) is 0.509. The number of sulfonamides is 1. The number of H-pyrrole nitrogens is 1. The van der Waals surface area contributed by atoms with E-state index >= 15 is 0 Å². The molecular weight excluding hydrogens is 276 g/mol. The Kier molecular flexibility index (Phi) is 3.69. The molecule has 1 saturated carbocycles. The van der Waals surface area contributed by atoms with Crippen molar-refractivity contribution in [2.75, 3.05) is 6.54 Å². The zero-order chi connectivity index (χ0) is 14.2. The molecule has 5 nitrogen and oxygen atoms in total. The maximum Gasteiger partial charge on any atom is 0.247 e. The smallest absolute Gasteiger partial charge is 0.247 e. The lowest BCUT2D eigenvalue weighted by Gasteiger charge is -2.43. The third-order valence-corrected chi connectivity index (χ3v) is 6.47. The van der Waals surface area contributed by atoms with Gasteiger partial charge in [0.25, 0.3) is 0 Å². The van der Waals surface area contributed by atoms with Crippen molar-refractivity contribution in [2.45, 2.75) is 49.5 Å². The van der Waals surface area contributed by atoms with E-state index in [1.807, 2.05) is 0 Å². The van der Waals surface area contributed by atoms with Gasteiger partial charge in [0, 0.05) is 24.8 Å². The molecule has 1 aromatic heterocycles. The normalized spacial score (nSPS) is 28.0. The van der Waals surface area contributed by atoms with Crippen molar-refractivity contribution in [3.8, 4) is 0 Å². The molecule has 1 N–H and O–H groups in total. The monoisotopic (exact) mass is 296 g/mol. The molecule has 110 valence electrons. The molecule has 1 aliphatic heterocycles. The summed E-state index contributed by atoms with van der Waals surface area (Å²) < 4.78 is 27.2. The maximum absolute atomic E-state index is 12.8. The van der Waals surface area contributed by atoms with Crippen LogP contribution in [0, 0.1) is 5.92 Å². The van der Waals surface area contributed by atoms with Crippen LogP contribution in [0.2, 0.25) is 0 Å². The van der Waals surface area contributed by atoms with Crippen LogP contribution in [0.5, 0.6) is 0 Å². The quantitative estimate of drug-likeness (QED) is 0.903. The highest BCUT2D eigenvalue weighted by Gasteiger charge is 2.39. The first kappa shape index (κ1) is 13.8. The van der Waals surface area contributed by atoms with E-state index in [9.17, 15) is 13.2 Å². The van der Waals surface area contributed by atoms with Crippen LogP contribution < -0.4 is 5.56 Å². The van der Waals surface area contributed by atoms with Crippen molar-refractivity contribution >= 4 is 10.0 Å². The first-order valence-electron chi connectivity index (χ1n) is 7.29. The number of rotatable bonds is 2. The largest absolute Gasteiger partial charge is 0.328 e. The minimum atomic E-state index is -3.49. The number of fused-ring (bicyclic) bond motifs is 1. The van der Waals surface area contributed by atoms with Crippen LogP contribution in [0.1, 0.15) is 38.5 Å². The molecule has 2 atom stereocenters. The first-order valence-corrected chi connectivity index (χ1v) is 8.73. The molecule has 20 heavy (non-hydrogen) atoms. The van der Waals surface area contributed by atoms with Gasteiger partial charge in [-0.25, -0.2) is 8.42 Å². The van der Waals surface area contributed by atoms with Crippen molar-refractivity contribution in [3.05, 3.63) is 28.7 Å². The topological polar surface area (TPSA) is 70.2 Å². The van der Waals surface area contributed by atoms with Crippen molar-refractivity contribution in [1.29, 1.82) is 0 Å². The Labute approximate surface area is 119 Å². The molecule has 1 saturated heterocycles. The summed E-state index contributed by atoms with van der Waals surface area (Å²) in [6.45, 7) is 0.600. The van der Waals surface area contributed by atoms with Gasteiger partial charge in [-0.15, -0.1) is 0 Å². The molecular formula is C14H20N2O3S. The molecule has 0 spiro atoms. The zero-order valence-electron chi connectivity index (χ0n) is 11.4. The fourth-order valence-corrected chi connectivity index (χ4v) is 5.29. The van der Waals surface area contributed by atoms with Gasteiger partial charge in [0.15, 0.2) is 0 Å². The third kappa shape index (κ3) is 2.42. The SMILES string of the molecule is O=c1ccc(S(=O)(=O)N2CCC[C@H]3CCCC[C@H]32)c[nH]1. The van der Waals surface area contributed by atoms with Crippen molar-refractivity contribution in [2.24, 2.45) is 5.92 Å². The predicted molar refractivity (Wildman–Crippen MR) is 75.9 cm³/mol. The van der Waals surface area contributed by atoms with Gasteiger partial charge in [0.2, 0.25) is 15.6 Å². The lowest BCUT2D eigenvalue weighted by Crippen LogP contribution is -2.49. The predicted octanol–water partition coefficient (Wildman–Crippen LogP) is 1.72. The van der Waals surface area contributed by atoms with E-state index in [0.717, 1.165) is 32.1 Å². The molecule has 6 heteroatoms. The summed E-state index contributed by atoms with van der Waals surface area (Å²) in [6, 6.07) is 2.82. The van der Waals surface area contributed by atoms with Crippen LogP contribution in [0.15, 0.2) is 28.0 Å². The molecule has 2 fully saturated rings. The Balaban J connectivity index is 1.93.